The van der Waals surface area contributed by atoms with Crippen LogP contribution in [-0.4, -0.2) is 29.2 Å². The Labute approximate surface area is 206 Å². The zero-order chi connectivity index (χ0) is 23.9. The molecule has 1 N–H and O–H groups in total. The first-order chi connectivity index (χ1) is 15.4. The van der Waals surface area contributed by atoms with E-state index >= 15 is 0 Å². The Kier molecular flexibility index (Phi) is 23.2. The Morgan fingerprint density at radius 3 is 1.66 bits per heavy atom. The van der Waals surface area contributed by atoms with Crippen molar-refractivity contribution in [2.24, 2.45) is 5.92 Å². The third-order valence-corrected chi connectivity index (χ3v) is 7.15. The number of phosphoric acid groups is 1. The highest BCUT2D eigenvalue weighted by Crippen LogP contribution is 2.43. The van der Waals surface area contributed by atoms with Crippen LogP contribution in [0.15, 0.2) is 0 Å². The van der Waals surface area contributed by atoms with Gasteiger partial charge in [-0.25, -0.2) is 4.57 Å². The minimum atomic E-state index is -4.02. The zero-order valence-electron chi connectivity index (χ0n) is 20.8. The fourth-order valence-electron chi connectivity index (χ4n) is 4.02. The molecule has 0 aromatic carbocycles. The molecule has 192 valence electrons. The number of unbranched alkanes of at least 4 members (excludes halogenated alkanes) is 15. The van der Waals surface area contributed by atoms with E-state index in [4.69, 9.17) is 9.05 Å². The lowest BCUT2D eigenvalue weighted by atomic mass is 9.96. The lowest BCUT2D eigenvalue weighted by molar-refractivity contribution is -0.118. The highest BCUT2D eigenvalue weighted by Gasteiger charge is 2.23. The first-order valence-electron chi connectivity index (χ1n) is 13.1. The van der Waals surface area contributed by atoms with Gasteiger partial charge < -0.3 is 9.69 Å². The first kappa shape index (κ1) is 32.3. The van der Waals surface area contributed by atoms with Crippen LogP contribution in [-0.2, 0) is 18.4 Å². The van der Waals surface area contributed by atoms with E-state index in [0.29, 0.717) is 11.8 Å². The molecular formula is C25H50BrO5P. The summed E-state index contributed by atoms with van der Waals surface area (Å²) in [6, 6.07) is 0. The molecule has 0 aliphatic rings. The molecule has 0 amide bonds. The van der Waals surface area contributed by atoms with Crippen molar-refractivity contribution in [3.63, 3.8) is 0 Å². The normalized spacial score (nSPS) is 14.4. The summed E-state index contributed by atoms with van der Waals surface area (Å²) in [5.41, 5.74) is 0. The number of alkyl halides is 1. The average molecular weight is 542 g/mol. The molecule has 0 saturated carbocycles. The first-order valence-corrected chi connectivity index (χ1v) is 15.7. The number of ketones is 1. The molecule has 7 heteroatoms. The minimum absolute atomic E-state index is 0.0211. The molecule has 0 bridgehead atoms. The quantitative estimate of drug-likeness (QED) is 0.0711. The summed E-state index contributed by atoms with van der Waals surface area (Å²) < 4.78 is 21.7. The topological polar surface area (TPSA) is 72.8 Å². The molecule has 0 radical (unpaired) electrons. The summed E-state index contributed by atoms with van der Waals surface area (Å²) in [5, 5.41) is 0.469. The number of hydrogen-bond donors (Lipinski definition) is 1. The van der Waals surface area contributed by atoms with Gasteiger partial charge in [0.05, 0.1) is 13.2 Å². The van der Waals surface area contributed by atoms with Crippen molar-refractivity contribution in [3.05, 3.63) is 0 Å². The summed E-state index contributed by atoms with van der Waals surface area (Å²) in [5.74, 6) is 0.0661. The van der Waals surface area contributed by atoms with Gasteiger partial charge in [-0.1, -0.05) is 126 Å². The van der Waals surface area contributed by atoms with Gasteiger partial charge in [0.2, 0.25) is 0 Å². The Balaban J connectivity index is 3.63. The number of phosphoric ester groups is 1. The maximum atomic E-state index is 11.8. The summed E-state index contributed by atoms with van der Waals surface area (Å²) in [6.45, 7) is 4.03. The van der Waals surface area contributed by atoms with Crippen molar-refractivity contribution in [3.8, 4) is 0 Å². The van der Waals surface area contributed by atoms with Crippen LogP contribution in [0.1, 0.15) is 129 Å². The van der Waals surface area contributed by atoms with E-state index in [1.54, 1.807) is 6.92 Å². The smallest absolute Gasteiger partial charge is 0.302 e. The number of hydrogen-bond acceptors (Lipinski definition) is 4. The van der Waals surface area contributed by atoms with Crippen LogP contribution in [0.5, 0.6) is 0 Å². The minimum Gasteiger partial charge on any atom is -0.302 e. The third kappa shape index (κ3) is 23.4. The SMILES string of the molecule is CCCCCCCCCCCCCCCCCCC(COP(=O)(O)OCCBr)CC(C)=O. The van der Waals surface area contributed by atoms with Gasteiger partial charge in [-0.2, -0.15) is 0 Å². The number of Topliss-reactive ketones (excluding diaryl/α,β-unsaturated/α-hetero) is 1. The van der Waals surface area contributed by atoms with E-state index in [1.165, 1.54) is 89.9 Å². The molecule has 2 unspecified atom stereocenters. The molecule has 0 aliphatic heterocycles. The molecule has 0 aliphatic carbocycles. The molecule has 5 nitrogen and oxygen atoms in total. The Morgan fingerprint density at radius 2 is 1.25 bits per heavy atom. The molecule has 0 rings (SSSR count). The summed E-state index contributed by atoms with van der Waals surface area (Å²) in [6.07, 6.45) is 22.5. The van der Waals surface area contributed by atoms with Crippen molar-refractivity contribution in [2.45, 2.75) is 129 Å². The third-order valence-electron chi connectivity index (χ3n) is 5.85. The van der Waals surface area contributed by atoms with Crippen LogP contribution in [0, 0.1) is 5.92 Å². The van der Waals surface area contributed by atoms with Crippen LogP contribution in [0.2, 0.25) is 0 Å². The van der Waals surface area contributed by atoms with Crippen LogP contribution < -0.4 is 0 Å². The maximum absolute atomic E-state index is 11.8. The second-order valence-electron chi connectivity index (χ2n) is 9.15. The number of rotatable bonds is 25. The van der Waals surface area contributed by atoms with Gasteiger partial charge in [0.15, 0.2) is 0 Å². The molecule has 0 saturated heterocycles. The van der Waals surface area contributed by atoms with Gasteiger partial charge in [-0.3, -0.25) is 9.05 Å². The monoisotopic (exact) mass is 540 g/mol. The fourth-order valence-corrected chi connectivity index (χ4v) is 5.23. The molecule has 0 fully saturated rings. The predicted molar refractivity (Wildman–Crippen MR) is 138 cm³/mol. The maximum Gasteiger partial charge on any atom is 0.472 e. The zero-order valence-corrected chi connectivity index (χ0v) is 23.3. The number of halogens is 1. The highest BCUT2D eigenvalue weighted by atomic mass is 79.9. The van der Waals surface area contributed by atoms with Crippen molar-refractivity contribution in [2.75, 3.05) is 18.5 Å². The molecule has 2 atom stereocenters. The number of carbonyl (C=O) groups excluding carboxylic acids is 1. The van der Waals surface area contributed by atoms with Crippen LogP contribution in [0.25, 0.3) is 0 Å². The van der Waals surface area contributed by atoms with Crippen molar-refractivity contribution in [1.29, 1.82) is 0 Å². The molecule has 0 aromatic rings. The van der Waals surface area contributed by atoms with Crippen LogP contribution in [0.4, 0.5) is 0 Å². The van der Waals surface area contributed by atoms with Gasteiger partial charge >= 0.3 is 7.82 Å². The summed E-state index contributed by atoms with van der Waals surface area (Å²) >= 11 is 3.15. The summed E-state index contributed by atoms with van der Waals surface area (Å²) in [4.78, 5) is 21.1. The fraction of sp³-hybridized carbons (Fsp3) is 0.960. The summed E-state index contributed by atoms with van der Waals surface area (Å²) in [7, 11) is -4.02. The van der Waals surface area contributed by atoms with E-state index in [1.807, 2.05) is 0 Å². The van der Waals surface area contributed by atoms with Gasteiger partial charge in [0, 0.05) is 11.8 Å². The predicted octanol–water partition coefficient (Wildman–Crippen LogP) is 8.76. The lowest BCUT2D eigenvalue weighted by Gasteiger charge is -2.18. The van der Waals surface area contributed by atoms with E-state index < -0.39 is 7.82 Å². The second kappa shape index (κ2) is 23.0. The van der Waals surface area contributed by atoms with Gasteiger partial charge in [-0.15, -0.1) is 0 Å². The Hall–Kier alpha value is 0.260. The van der Waals surface area contributed by atoms with Crippen molar-refractivity contribution < 1.29 is 23.3 Å². The Morgan fingerprint density at radius 1 is 0.812 bits per heavy atom. The van der Waals surface area contributed by atoms with E-state index in [9.17, 15) is 14.3 Å². The average Bonchev–Trinajstić information content (AvgIpc) is 2.75. The van der Waals surface area contributed by atoms with Crippen LogP contribution >= 0.6 is 23.8 Å². The largest absolute Gasteiger partial charge is 0.472 e. The highest BCUT2D eigenvalue weighted by molar-refractivity contribution is 9.09. The number of carbonyl (C=O) groups is 1. The van der Waals surface area contributed by atoms with Crippen molar-refractivity contribution >= 4 is 29.5 Å². The Bertz CT molecular complexity index is 475. The lowest BCUT2D eigenvalue weighted by Crippen LogP contribution is -2.13. The van der Waals surface area contributed by atoms with Crippen molar-refractivity contribution in [1.82, 2.24) is 0 Å². The van der Waals surface area contributed by atoms with Gasteiger partial charge in [0.25, 0.3) is 0 Å². The molecule has 32 heavy (non-hydrogen) atoms. The van der Waals surface area contributed by atoms with Crippen LogP contribution in [0.3, 0.4) is 0 Å². The second-order valence-corrected chi connectivity index (χ2v) is 11.4. The molecule has 0 spiro atoms. The van der Waals surface area contributed by atoms with E-state index in [0.717, 1.165) is 19.3 Å². The molecule has 0 heterocycles. The van der Waals surface area contributed by atoms with E-state index in [2.05, 4.69) is 22.9 Å². The standard InChI is InChI=1S/C25H50BrO5P/c1-3-4-5-6-7-8-9-10-11-12-13-14-15-16-17-18-19-25(22-24(2)27)23-31-32(28,29)30-21-20-26/h25H,3-23H2,1-2H3,(H,28,29). The molecular weight excluding hydrogens is 491 g/mol. The van der Waals surface area contributed by atoms with E-state index in [-0.39, 0.29) is 24.9 Å². The molecule has 0 aromatic heterocycles. The van der Waals surface area contributed by atoms with Gasteiger partial charge in [0.1, 0.15) is 5.78 Å². The van der Waals surface area contributed by atoms with Gasteiger partial charge in [-0.05, 0) is 19.3 Å².